The Kier molecular flexibility index (Phi) is 2.77. The maximum atomic E-state index is 11.6. The standard InChI is InChI=1S/C8H18NOP/c1-11(2,10)8(9)7-5-3-4-6-7/h7-8H,3-6,9H2,1-2H3. The van der Waals surface area contributed by atoms with Gasteiger partial charge in [-0.05, 0) is 32.1 Å². The van der Waals surface area contributed by atoms with Gasteiger partial charge in [0.25, 0.3) is 0 Å². The average Bonchev–Trinajstić information content (AvgIpc) is 2.34. The molecule has 0 bridgehead atoms. The van der Waals surface area contributed by atoms with E-state index in [9.17, 15) is 4.57 Å². The first-order chi connectivity index (χ1) is 5.02. The second kappa shape index (κ2) is 3.28. The molecule has 0 spiro atoms. The predicted molar refractivity (Wildman–Crippen MR) is 49.4 cm³/mol. The van der Waals surface area contributed by atoms with Crippen molar-refractivity contribution in [3.8, 4) is 0 Å². The van der Waals surface area contributed by atoms with E-state index in [4.69, 9.17) is 5.73 Å². The zero-order valence-electron chi connectivity index (χ0n) is 7.42. The van der Waals surface area contributed by atoms with Crippen molar-refractivity contribution in [2.75, 3.05) is 13.3 Å². The molecular weight excluding hydrogens is 157 g/mol. The molecule has 66 valence electrons. The van der Waals surface area contributed by atoms with Crippen molar-refractivity contribution in [1.29, 1.82) is 0 Å². The Morgan fingerprint density at radius 2 is 1.82 bits per heavy atom. The topological polar surface area (TPSA) is 43.1 Å². The van der Waals surface area contributed by atoms with Gasteiger partial charge in [-0.3, -0.25) is 0 Å². The van der Waals surface area contributed by atoms with E-state index in [0.29, 0.717) is 5.92 Å². The van der Waals surface area contributed by atoms with Gasteiger partial charge in [0.1, 0.15) is 0 Å². The summed E-state index contributed by atoms with van der Waals surface area (Å²) in [5, 5.41) is 0. The van der Waals surface area contributed by atoms with Crippen molar-refractivity contribution < 1.29 is 4.57 Å². The van der Waals surface area contributed by atoms with E-state index in [0.717, 1.165) is 0 Å². The van der Waals surface area contributed by atoms with Crippen LogP contribution >= 0.6 is 7.14 Å². The summed E-state index contributed by atoms with van der Waals surface area (Å²) < 4.78 is 11.6. The van der Waals surface area contributed by atoms with Crippen LogP contribution in [0.1, 0.15) is 25.7 Å². The highest BCUT2D eigenvalue weighted by atomic mass is 31.2. The van der Waals surface area contributed by atoms with Gasteiger partial charge in [0.2, 0.25) is 0 Å². The molecule has 1 atom stereocenters. The maximum absolute atomic E-state index is 11.6. The summed E-state index contributed by atoms with van der Waals surface area (Å²) in [4.78, 5) is 0. The first kappa shape index (κ1) is 9.28. The largest absolute Gasteiger partial charge is 0.323 e. The SMILES string of the molecule is CP(C)(=O)C(N)C1CCCC1. The Morgan fingerprint density at radius 1 is 1.36 bits per heavy atom. The zero-order valence-corrected chi connectivity index (χ0v) is 8.31. The van der Waals surface area contributed by atoms with Crippen LogP contribution in [0.4, 0.5) is 0 Å². The van der Waals surface area contributed by atoms with Crippen LogP contribution in [0.3, 0.4) is 0 Å². The second-order valence-electron chi connectivity index (χ2n) is 3.97. The van der Waals surface area contributed by atoms with Crippen LogP contribution in [-0.4, -0.2) is 19.1 Å². The molecule has 0 radical (unpaired) electrons. The molecule has 3 heteroatoms. The van der Waals surface area contributed by atoms with Gasteiger partial charge in [-0.25, -0.2) is 0 Å². The molecule has 1 fully saturated rings. The number of hydrogen-bond acceptors (Lipinski definition) is 2. The minimum Gasteiger partial charge on any atom is -0.323 e. The Morgan fingerprint density at radius 3 is 2.18 bits per heavy atom. The highest BCUT2D eigenvalue weighted by molar-refractivity contribution is 7.63. The minimum atomic E-state index is -2.03. The van der Waals surface area contributed by atoms with Crippen LogP contribution in [0, 0.1) is 5.92 Å². The Balaban J connectivity index is 2.53. The molecule has 0 saturated heterocycles. The van der Waals surface area contributed by atoms with Crippen molar-refractivity contribution in [2.45, 2.75) is 31.5 Å². The third-order valence-corrected chi connectivity index (χ3v) is 4.46. The van der Waals surface area contributed by atoms with Gasteiger partial charge >= 0.3 is 0 Å². The molecule has 2 N–H and O–H groups in total. The van der Waals surface area contributed by atoms with Gasteiger partial charge in [-0.15, -0.1) is 0 Å². The van der Waals surface area contributed by atoms with Gasteiger partial charge in [-0.2, -0.15) is 0 Å². The van der Waals surface area contributed by atoms with E-state index in [1.807, 2.05) is 0 Å². The predicted octanol–water partition coefficient (Wildman–Crippen LogP) is 2.08. The van der Waals surface area contributed by atoms with Gasteiger partial charge in [0, 0.05) is 0 Å². The van der Waals surface area contributed by atoms with Crippen LogP contribution in [0.25, 0.3) is 0 Å². The Bertz CT molecular complexity index is 169. The molecule has 1 aliphatic carbocycles. The highest BCUT2D eigenvalue weighted by Gasteiger charge is 2.29. The van der Waals surface area contributed by atoms with E-state index in [1.54, 1.807) is 13.3 Å². The summed E-state index contributed by atoms with van der Waals surface area (Å²) in [6.45, 7) is 3.60. The van der Waals surface area contributed by atoms with Crippen LogP contribution in [0.5, 0.6) is 0 Å². The lowest BCUT2D eigenvalue weighted by molar-refractivity contribution is 0.494. The number of hydrogen-bond donors (Lipinski definition) is 1. The fraction of sp³-hybridized carbons (Fsp3) is 1.00. The normalized spacial score (nSPS) is 23.9. The summed E-state index contributed by atoms with van der Waals surface area (Å²) in [6, 6.07) is 0. The molecule has 0 aromatic carbocycles. The third kappa shape index (κ3) is 2.31. The van der Waals surface area contributed by atoms with Crippen LogP contribution in [0.15, 0.2) is 0 Å². The molecule has 0 amide bonds. The average molecular weight is 175 g/mol. The van der Waals surface area contributed by atoms with Crippen LogP contribution in [-0.2, 0) is 4.57 Å². The second-order valence-corrected chi connectivity index (χ2v) is 7.43. The zero-order chi connectivity index (χ0) is 8.48. The molecule has 0 heterocycles. The molecule has 0 aliphatic heterocycles. The summed E-state index contributed by atoms with van der Waals surface area (Å²) >= 11 is 0. The van der Waals surface area contributed by atoms with E-state index in [-0.39, 0.29) is 5.78 Å². The van der Waals surface area contributed by atoms with Crippen LogP contribution < -0.4 is 5.73 Å². The summed E-state index contributed by atoms with van der Waals surface area (Å²) in [6.07, 6.45) is 4.93. The molecule has 0 aromatic heterocycles. The molecule has 1 unspecified atom stereocenters. The molecule has 0 aromatic rings. The van der Waals surface area contributed by atoms with Gasteiger partial charge < -0.3 is 10.3 Å². The third-order valence-electron chi connectivity index (χ3n) is 2.60. The Labute approximate surface area is 68.9 Å². The van der Waals surface area contributed by atoms with Crippen LogP contribution in [0.2, 0.25) is 0 Å². The van der Waals surface area contributed by atoms with E-state index in [1.165, 1.54) is 25.7 Å². The number of rotatable bonds is 2. The lowest BCUT2D eigenvalue weighted by Gasteiger charge is -2.22. The minimum absolute atomic E-state index is 0.0370. The maximum Gasteiger partial charge on any atom is 0.0979 e. The molecule has 1 saturated carbocycles. The van der Waals surface area contributed by atoms with Crippen molar-refractivity contribution in [3.63, 3.8) is 0 Å². The van der Waals surface area contributed by atoms with E-state index in [2.05, 4.69) is 0 Å². The monoisotopic (exact) mass is 175 g/mol. The molecular formula is C8H18NOP. The van der Waals surface area contributed by atoms with Crippen molar-refractivity contribution in [1.82, 2.24) is 0 Å². The van der Waals surface area contributed by atoms with Crippen molar-refractivity contribution in [2.24, 2.45) is 11.7 Å². The molecule has 1 aliphatic rings. The van der Waals surface area contributed by atoms with Gasteiger partial charge in [-0.1, -0.05) is 12.8 Å². The molecule has 2 nitrogen and oxygen atoms in total. The lowest BCUT2D eigenvalue weighted by atomic mass is 10.1. The van der Waals surface area contributed by atoms with Crippen molar-refractivity contribution in [3.05, 3.63) is 0 Å². The smallest absolute Gasteiger partial charge is 0.0979 e. The first-order valence-electron chi connectivity index (χ1n) is 4.32. The van der Waals surface area contributed by atoms with Gasteiger partial charge in [0.15, 0.2) is 0 Å². The van der Waals surface area contributed by atoms with E-state index < -0.39 is 7.14 Å². The number of nitrogens with two attached hydrogens (primary N) is 1. The summed E-state index contributed by atoms with van der Waals surface area (Å²) in [7, 11) is -2.03. The Hall–Kier alpha value is 0.190. The summed E-state index contributed by atoms with van der Waals surface area (Å²) in [5.74, 6) is 0.501. The fourth-order valence-corrected chi connectivity index (χ4v) is 3.12. The highest BCUT2D eigenvalue weighted by Crippen LogP contribution is 2.47. The fourth-order valence-electron chi connectivity index (χ4n) is 1.81. The van der Waals surface area contributed by atoms with Crippen molar-refractivity contribution >= 4 is 7.14 Å². The van der Waals surface area contributed by atoms with Gasteiger partial charge in [0.05, 0.1) is 12.9 Å². The summed E-state index contributed by atoms with van der Waals surface area (Å²) in [5.41, 5.74) is 5.89. The molecule has 1 rings (SSSR count). The quantitative estimate of drug-likeness (QED) is 0.653. The van der Waals surface area contributed by atoms with E-state index >= 15 is 0 Å². The first-order valence-corrected chi connectivity index (χ1v) is 6.99. The lowest BCUT2D eigenvalue weighted by Crippen LogP contribution is -2.27. The molecule has 11 heavy (non-hydrogen) atoms.